The number of carbonyl (C=O) groups is 1. The van der Waals surface area contributed by atoms with Gasteiger partial charge in [0.15, 0.2) is 4.34 Å². The number of hydrogen-bond donors (Lipinski definition) is 2. The second-order valence-corrected chi connectivity index (χ2v) is 8.30. The fourth-order valence-electron chi connectivity index (χ4n) is 2.04. The maximum Gasteiger partial charge on any atom is 0.235 e. The van der Waals surface area contributed by atoms with Crippen LogP contribution in [0.4, 0.5) is 10.1 Å². The van der Waals surface area contributed by atoms with Crippen molar-refractivity contribution in [3.05, 3.63) is 46.8 Å². The lowest BCUT2D eigenvalue weighted by molar-refractivity contribution is -0.113. The zero-order valence-electron chi connectivity index (χ0n) is 14.3. The molecule has 0 radical (unpaired) electrons. The van der Waals surface area contributed by atoms with Gasteiger partial charge in [0, 0.05) is 6.54 Å². The summed E-state index contributed by atoms with van der Waals surface area (Å²) >= 11 is 4.03. The Labute approximate surface area is 168 Å². The van der Waals surface area contributed by atoms with E-state index in [9.17, 15) is 4.79 Å². The van der Waals surface area contributed by atoms with Crippen LogP contribution in [-0.2, 0) is 11.3 Å². The van der Waals surface area contributed by atoms with Gasteiger partial charge >= 0.3 is 0 Å². The fraction of sp³-hybridized carbons (Fsp3) is 0.176. The van der Waals surface area contributed by atoms with Crippen molar-refractivity contribution in [2.24, 2.45) is 0 Å². The van der Waals surface area contributed by atoms with E-state index in [1.807, 2.05) is 30.3 Å². The van der Waals surface area contributed by atoms with Gasteiger partial charge in [-0.3, -0.25) is 4.79 Å². The van der Waals surface area contributed by atoms with E-state index in [1.165, 1.54) is 34.4 Å². The van der Waals surface area contributed by atoms with Crippen molar-refractivity contribution in [3.8, 4) is 11.8 Å². The summed E-state index contributed by atoms with van der Waals surface area (Å²) in [4.78, 5) is 12.0. The van der Waals surface area contributed by atoms with Gasteiger partial charge in [0.1, 0.15) is 16.8 Å². The van der Waals surface area contributed by atoms with E-state index in [1.54, 1.807) is 18.6 Å². The highest BCUT2D eigenvalue weighted by Gasteiger charge is 2.11. The summed E-state index contributed by atoms with van der Waals surface area (Å²) in [5.41, 5.74) is 1.57. The quantitative estimate of drug-likeness (QED) is 0.537. The molecule has 7 nitrogen and oxygen atoms in total. The number of thioether (sulfide) groups is 1. The van der Waals surface area contributed by atoms with E-state index in [4.69, 9.17) is 10.00 Å². The van der Waals surface area contributed by atoms with Crippen LogP contribution in [-0.4, -0.2) is 29.0 Å². The van der Waals surface area contributed by atoms with Crippen molar-refractivity contribution < 1.29 is 9.53 Å². The summed E-state index contributed by atoms with van der Waals surface area (Å²) < 4.78 is 5.84. The molecule has 1 aromatic carbocycles. The van der Waals surface area contributed by atoms with Gasteiger partial charge in [0.2, 0.25) is 11.0 Å². The van der Waals surface area contributed by atoms with E-state index in [0.717, 1.165) is 11.3 Å². The summed E-state index contributed by atoms with van der Waals surface area (Å²) in [7, 11) is 1.64. The molecule has 0 spiro atoms. The van der Waals surface area contributed by atoms with Crippen molar-refractivity contribution in [3.63, 3.8) is 0 Å². The average Bonchev–Trinajstić information content (AvgIpc) is 3.34. The monoisotopic (exact) mass is 417 g/mol. The standard InChI is InChI=1S/C17H15N5O2S3/c1-24-13-4-2-11(3-5-13)9-19-16-21-22-17(27-16)26-10-14(23)20-15-12(8-18)6-7-25-15/h2-7H,9-10H2,1H3,(H,19,21)(H,20,23). The second-order valence-electron chi connectivity index (χ2n) is 5.19. The molecule has 0 aliphatic carbocycles. The molecule has 2 heterocycles. The van der Waals surface area contributed by atoms with Gasteiger partial charge in [0.25, 0.3) is 0 Å². The Balaban J connectivity index is 1.46. The molecule has 2 aromatic heterocycles. The Morgan fingerprint density at radius 3 is 2.85 bits per heavy atom. The van der Waals surface area contributed by atoms with Crippen LogP contribution in [0.3, 0.4) is 0 Å². The van der Waals surface area contributed by atoms with Gasteiger partial charge in [0.05, 0.1) is 18.4 Å². The lowest BCUT2D eigenvalue weighted by atomic mass is 10.2. The number of benzene rings is 1. The van der Waals surface area contributed by atoms with Gasteiger partial charge in [-0.2, -0.15) is 5.26 Å². The second kappa shape index (κ2) is 9.36. The zero-order valence-corrected chi connectivity index (χ0v) is 16.7. The van der Waals surface area contributed by atoms with Crippen LogP contribution >= 0.6 is 34.4 Å². The van der Waals surface area contributed by atoms with E-state index < -0.39 is 0 Å². The van der Waals surface area contributed by atoms with Crippen LogP contribution in [0.25, 0.3) is 0 Å². The molecule has 27 heavy (non-hydrogen) atoms. The number of carbonyl (C=O) groups excluding carboxylic acids is 1. The van der Waals surface area contributed by atoms with Gasteiger partial charge in [-0.1, -0.05) is 35.2 Å². The highest BCUT2D eigenvalue weighted by molar-refractivity contribution is 8.01. The normalized spacial score (nSPS) is 10.2. The number of thiophene rings is 1. The maximum atomic E-state index is 12.0. The molecular weight excluding hydrogens is 402 g/mol. The molecule has 10 heteroatoms. The highest BCUT2D eigenvalue weighted by Crippen LogP contribution is 2.27. The largest absolute Gasteiger partial charge is 0.497 e. The van der Waals surface area contributed by atoms with Crippen LogP contribution in [0.5, 0.6) is 5.75 Å². The van der Waals surface area contributed by atoms with Gasteiger partial charge < -0.3 is 15.4 Å². The number of nitriles is 1. The summed E-state index contributed by atoms with van der Waals surface area (Å²) in [6, 6.07) is 11.5. The number of aromatic nitrogens is 2. The Hall–Kier alpha value is -2.61. The molecule has 0 unspecified atom stereocenters. The third kappa shape index (κ3) is 5.43. The summed E-state index contributed by atoms with van der Waals surface area (Å²) in [6.07, 6.45) is 0. The SMILES string of the molecule is COc1ccc(CNc2nnc(SCC(=O)Nc3sccc3C#N)s2)cc1. The lowest BCUT2D eigenvalue weighted by Crippen LogP contribution is -2.13. The Morgan fingerprint density at radius 2 is 2.11 bits per heavy atom. The molecule has 3 aromatic rings. The Morgan fingerprint density at radius 1 is 1.30 bits per heavy atom. The van der Waals surface area contributed by atoms with Crippen LogP contribution in [0.15, 0.2) is 40.1 Å². The number of nitrogens with zero attached hydrogens (tertiary/aromatic N) is 3. The molecule has 1 amide bonds. The maximum absolute atomic E-state index is 12.0. The minimum atomic E-state index is -0.179. The molecule has 0 bridgehead atoms. The molecule has 3 rings (SSSR count). The number of methoxy groups -OCH3 is 1. The zero-order chi connectivity index (χ0) is 19.1. The van der Waals surface area contributed by atoms with E-state index in [0.29, 0.717) is 26.6 Å². The first kappa shape index (κ1) is 19.2. The molecule has 0 aliphatic rings. The van der Waals surface area contributed by atoms with E-state index in [-0.39, 0.29) is 11.7 Å². The highest BCUT2D eigenvalue weighted by atomic mass is 32.2. The predicted octanol–water partition coefficient (Wildman–Crippen LogP) is 3.82. The molecule has 138 valence electrons. The molecule has 2 N–H and O–H groups in total. The van der Waals surface area contributed by atoms with E-state index >= 15 is 0 Å². The van der Waals surface area contributed by atoms with Crippen molar-refractivity contribution in [1.82, 2.24) is 10.2 Å². The number of anilines is 2. The van der Waals surface area contributed by atoms with Crippen molar-refractivity contribution in [2.75, 3.05) is 23.5 Å². The summed E-state index contributed by atoms with van der Waals surface area (Å²) in [5, 5.41) is 26.1. The Kier molecular flexibility index (Phi) is 6.64. The fourth-order valence-corrected chi connectivity index (χ4v) is 4.35. The average molecular weight is 418 g/mol. The van der Waals surface area contributed by atoms with E-state index in [2.05, 4.69) is 20.8 Å². The van der Waals surface area contributed by atoms with Crippen molar-refractivity contribution >= 4 is 50.5 Å². The third-order valence-corrected chi connectivity index (χ3v) is 6.22. The first-order chi connectivity index (χ1) is 13.2. The van der Waals surface area contributed by atoms with Crippen LogP contribution in [0, 0.1) is 11.3 Å². The van der Waals surface area contributed by atoms with Crippen LogP contribution < -0.4 is 15.4 Å². The third-order valence-electron chi connectivity index (χ3n) is 3.37. The smallest absolute Gasteiger partial charge is 0.235 e. The topological polar surface area (TPSA) is 99.9 Å². The number of ether oxygens (including phenoxy) is 1. The van der Waals surface area contributed by atoms with Crippen LogP contribution in [0.2, 0.25) is 0 Å². The first-order valence-electron chi connectivity index (χ1n) is 7.78. The van der Waals surface area contributed by atoms with Gasteiger partial charge in [-0.15, -0.1) is 21.5 Å². The number of hydrogen-bond acceptors (Lipinski definition) is 9. The first-order valence-corrected chi connectivity index (χ1v) is 10.5. The molecule has 0 saturated carbocycles. The van der Waals surface area contributed by atoms with Gasteiger partial charge in [-0.05, 0) is 29.1 Å². The van der Waals surface area contributed by atoms with Crippen molar-refractivity contribution in [1.29, 1.82) is 5.26 Å². The van der Waals surface area contributed by atoms with Gasteiger partial charge in [-0.25, -0.2) is 0 Å². The number of rotatable bonds is 8. The molecule has 0 fully saturated rings. The molecule has 0 aliphatic heterocycles. The minimum Gasteiger partial charge on any atom is -0.497 e. The van der Waals surface area contributed by atoms with Crippen molar-refractivity contribution in [2.45, 2.75) is 10.9 Å². The predicted molar refractivity (Wildman–Crippen MR) is 109 cm³/mol. The Bertz CT molecular complexity index is 946. The number of amides is 1. The minimum absolute atomic E-state index is 0.179. The molecule has 0 saturated heterocycles. The molecule has 0 atom stereocenters. The summed E-state index contributed by atoms with van der Waals surface area (Å²) in [5.74, 6) is 0.841. The summed E-state index contributed by atoms with van der Waals surface area (Å²) in [6.45, 7) is 0.624. The van der Waals surface area contributed by atoms with Crippen LogP contribution in [0.1, 0.15) is 11.1 Å². The lowest BCUT2D eigenvalue weighted by Gasteiger charge is -2.04. The molecular formula is C17H15N5O2S3. The number of nitrogens with one attached hydrogen (secondary N) is 2.